The molecule has 1 N–H and O–H groups in total. The van der Waals surface area contributed by atoms with Crippen molar-refractivity contribution in [2.24, 2.45) is 10.1 Å². The zero-order valence-corrected chi connectivity index (χ0v) is 14.6. The van der Waals surface area contributed by atoms with E-state index >= 15 is 0 Å². The van der Waals surface area contributed by atoms with E-state index < -0.39 is 0 Å². The molecule has 0 unspecified atom stereocenters. The molecule has 1 aliphatic heterocycles. The first-order valence-electron chi connectivity index (χ1n) is 8.89. The molecular weight excluding hydrogens is 334 g/mol. The van der Waals surface area contributed by atoms with E-state index in [9.17, 15) is 0 Å². The van der Waals surface area contributed by atoms with Gasteiger partial charge in [-0.1, -0.05) is 71.9 Å². The standard InChI is InChI=1S/C23H17N3O/c1-2-8-16(9-3-1)15-27-26-23-18-11-5-7-13-21(18)25-22(23)19-14-24-20-12-6-4-10-17(19)20/h1-14,24H,15H2/b26-23+. The van der Waals surface area contributed by atoms with Crippen LogP contribution in [0.15, 0.2) is 95.2 Å². The van der Waals surface area contributed by atoms with E-state index in [1.807, 2.05) is 72.9 Å². The van der Waals surface area contributed by atoms with Crippen LogP contribution in [0.5, 0.6) is 0 Å². The topological polar surface area (TPSA) is 49.7 Å². The van der Waals surface area contributed by atoms with E-state index in [2.05, 4.69) is 22.3 Å². The van der Waals surface area contributed by atoms with Crippen LogP contribution in [0.2, 0.25) is 0 Å². The molecule has 0 saturated heterocycles. The number of para-hydroxylation sites is 2. The third-order valence-corrected chi connectivity index (χ3v) is 4.69. The Morgan fingerprint density at radius 3 is 2.52 bits per heavy atom. The van der Waals surface area contributed by atoms with Gasteiger partial charge in [0.05, 0.1) is 5.69 Å². The molecule has 0 saturated carbocycles. The van der Waals surface area contributed by atoms with Gasteiger partial charge in [-0.2, -0.15) is 0 Å². The van der Waals surface area contributed by atoms with Crippen molar-refractivity contribution in [1.82, 2.24) is 4.98 Å². The Labute approximate surface area is 156 Å². The number of aliphatic imine (C=N–C) groups is 1. The van der Waals surface area contributed by atoms with Gasteiger partial charge in [-0.25, -0.2) is 4.99 Å². The van der Waals surface area contributed by atoms with Crippen LogP contribution >= 0.6 is 0 Å². The molecule has 0 amide bonds. The molecule has 4 aromatic rings. The predicted octanol–water partition coefficient (Wildman–Crippen LogP) is 5.22. The Kier molecular flexibility index (Phi) is 3.79. The maximum Gasteiger partial charge on any atom is 0.142 e. The van der Waals surface area contributed by atoms with Crippen LogP contribution in [-0.4, -0.2) is 16.4 Å². The van der Waals surface area contributed by atoms with Crippen molar-refractivity contribution in [1.29, 1.82) is 0 Å². The summed E-state index contributed by atoms with van der Waals surface area (Å²) in [5.74, 6) is 0. The first-order valence-corrected chi connectivity index (χ1v) is 8.89. The Morgan fingerprint density at radius 1 is 0.815 bits per heavy atom. The third-order valence-electron chi connectivity index (χ3n) is 4.69. The molecule has 1 aliphatic rings. The second-order valence-electron chi connectivity index (χ2n) is 6.42. The normalized spacial score (nSPS) is 14.4. The number of aromatic amines is 1. The summed E-state index contributed by atoms with van der Waals surface area (Å²) in [7, 11) is 0. The molecule has 0 radical (unpaired) electrons. The number of hydrogen-bond donors (Lipinski definition) is 1. The van der Waals surface area contributed by atoms with E-state index in [0.717, 1.165) is 44.7 Å². The molecular formula is C23H17N3O. The van der Waals surface area contributed by atoms with Crippen LogP contribution < -0.4 is 0 Å². The summed E-state index contributed by atoms with van der Waals surface area (Å²) >= 11 is 0. The van der Waals surface area contributed by atoms with Crippen molar-refractivity contribution in [2.45, 2.75) is 6.61 Å². The molecule has 1 aromatic heterocycles. The number of rotatable bonds is 4. The Morgan fingerprint density at radius 2 is 1.59 bits per heavy atom. The summed E-state index contributed by atoms with van der Waals surface area (Å²) in [6, 6.07) is 26.3. The van der Waals surface area contributed by atoms with Crippen molar-refractivity contribution in [2.75, 3.05) is 0 Å². The lowest BCUT2D eigenvalue weighted by Crippen LogP contribution is -2.13. The lowest BCUT2D eigenvalue weighted by molar-refractivity contribution is 0.131. The van der Waals surface area contributed by atoms with Gasteiger partial charge in [0.1, 0.15) is 18.0 Å². The van der Waals surface area contributed by atoms with E-state index in [-0.39, 0.29) is 0 Å². The van der Waals surface area contributed by atoms with Crippen LogP contribution in [-0.2, 0) is 11.4 Å². The van der Waals surface area contributed by atoms with Gasteiger partial charge in [0.25, 0.3) is 0 Å². The zero-order valence-electron chi connectivity index (χ0n) is 14.6. The highest BCUT2D eigenvalue weighted by molar-refractivity contribution is 6.58. The van der Waals surface area contributed by atoms with Gasteiger partial charge in [-0.05, 0) is 17.7 Å². The van der Waals surface area contributed by atoms with Crippen LogP contribution in [0.3, 0.4) is 0 Å². The Bertz CT molecular complexity index is 1170. The largest absolute Gasteiger partial charge is 0.390 e. The lowest BCUT2D eigenvalue weighted by atomic mass is 10.0. The van der Waals surface area contributed by atoms with Gasteiger partial charge in [-0.3, -0.25) is 0 Å². The number of fused-ring (bicyclic) bond motifs is 2. The summed E-state index contributed by atoms with van der Waals surface area (Å²) in [6.45, 7) is 0.424. The highest BCUT2D eigenvalue weighted by atomic mass is 16.6. The average Bonchev–Trinajstić information content (AvgIpc) is 3.30. The molecule has 2 heterocycles. The molecule has 0 fully saturated rings. The van der Waals surface area contributed by atoms with Crippen molar-refractivity contribution >= 4 is 28.0 Å². The molecule has 0 bridgehead atoms. The highest BCUT2D eigenvalue weighted by Gasteiger charge is 2.26. The minimum Gasteiger partial charge on any atom is -0.390 e. The SMILES string of the molecule is c1ccc(CO/N=C2/C(c3c[nH]c4ccccc34)=Nc3ccccc32)cc1. The first kappa shape index (κ1) is 15.6. The third kappa shape index (κ3) is 2.81. The first-order chi connectivity index (χ1) is 13.4. The molecule has 0 atom stereocenters. The van der Waals surface area contributed by atoms with Gasteiger partial charge >= 0.3 is 0 Å². The molecule has 130 valence electrons. The van der Waals surface area contributed by atoms with Crippen LogP contribution in [0, 0.1) is 0 Å². The molecule has 0 spiro atoms. The van der Waals surface area contributed by atoms with Crippen molar-refractivity contribution in [3.63, 3.8) is 0 Å². The fraction of sp³-hybridized carbons (Fsp3) is 0.0435. The zero-order chi connectivity index (χ0) is 18.1. The summed E-state index contributed by atoms with van der Waals surface area (Å²) in [5, 5.41) is 5.60. The Hall–Kier alpha value is -3.66. The minimum atomic E-state index is 0.424. The minimum absolute atomic E-state index is 0.424. The molecule has 4 nitrogen and oxygen atoms in total. The molecule has 4 heteroatoms. The maximum atomic E-state index is 5.70. The summed E-state index contributed by atoms with van der Waals surface area (Å²) in [5.41, 5.74) is 6.71. The van der Waals surface area contributed by atoms with Crippen LogP contribution in [0.1, 0.15) is 16.7 Å². The summed E-state index contributed by atoms with van der Waals surface area (Å²) < 4.78 is 0. The monoisotopic (exact) mass is 351 g/mol. The van der Waals surface area contributed by atoms with Crippen molar-refractivity contribution in [3.05, 3.63) is 102 Å². The van der Waals surface area contributed by atoms with E-state index in [4.69, 9.17) is 9.83 Å². The van der Waals surface area contributed by atoms with Crippen LogP contribution in [0.25, 0.3) is 10.9 Å². The molecule has 27 heavy (non-hydrogen) atoms. The smallest absolute Gasteiger partial charge is 0.142 e. The fourth-order valence-electron chi connectivity index (χ4n) is 3.37. The summed E-state index contributed by atoms with van der Waals surface area (Å²) in [6.07, 6.45) is 1.99. The molecule has 0 aliphatic carbocycles. The maximum absolute atomic E-state index is 5.70. The summed E-state index contributed by atoms with van der Waals surface area (Å²) in [4.78, 5) is 13.9. The second kappa shape index (κ2) is 6.57. The van der Waals surface area contributed by atoms with E-state index in [1.54, 1.807) is 0 Å². The number of aromatic nitrogens is 1. The lowest BCUT2D eigenvalue weighted by Gasteiger charge is -2.05. The number of nitrogens with zero attached hydrogens (tertiary/aromatic N) is 2. The molecule has 3 aromatic carbocycles. The van der Waals surface area contributed by atoms with Crippen molar-refractivity contribution in [3.8, 4) is 0 Å². The van der Waals surface area contributed by atoms with E-state index in [0.29, 0.717) is 6.61 Å². The second-order valence-corrected chi connectivity index (χ2v) is 6.42. The quantitative estimate of drug-likeness (QED) is 0.503. The van der Waals surface area contributed by atoms with Gasteiger partial charge in [0, 0.05) is 28.2 Å². The molecule has 5 rings (SSSR count). The Balaban J connectivity index is 1.54. The number of benzene rings is 3. The number of hydrogen-bond acceptors (Lipinski definition) is 3. The number of oxime groups is 1. The predicted molar refractivity (Wildman–Crippen MR) is 109 cm³/mol. The number of nitrogens with one attached hydrogen (secondary N) is 1. The van der Waals surface area contributed by atoms with Crippen molar-refractivity contribution < 1.29 is 4.84 Å². The average molecular weight is 351 g/mol. The van der Waals surface area contributed by atoms with Gasteiger partial charge in [0.2, 0.25) is 0 Å². The van der Waals surface area contributed by atoms with Crippen LogP contribution in [0.4, 0.5) is 5.69 Å². The van der Waals surface area contributed by atoms with Gasteiger partial charge in [-0.15, -0.1) is 0 Å². The highest BCUT2D eigenvalue weighted by Crippen LogP contribution is 2.31. The van der Waals surface area contributed by atoms with Gasteiger partial charge in [0.15, 0.2) is 0 Å². The van der Waals surface area contributed by atoms with E-state index in [1.165, 1.54) is 0 Å². The fourth-order valence-corrected chi connectivity index (χ4v) is 3.37. The van der Waals surface area contributed by atoms with Gasteiger partial charge < -0.3 is 9.82 Å². The number of H-pyrrole nitrogens is 1.